The maximum absolute atomic E-state index is 12.0. The monoisotopic (exact) mass is 322 g/mol. The Morgan fingerprint density at radius 3 is 2.75 bits per heavy atom. The molecule has 0 bridgehead atoms. The number of carbonyl (C=O) groups excluding carboxylic acids is 1. The van der Waals surface area contributed by atoms with Crippen molar-refractivity contribution >= 4 is 22.8 Å². The van der Waals surface area contributed by atoms with Crippen LogP contribution in [0.2, 0.25) is 0 Å². The van der Waals surface area contributed by atoms with Gasteiger partial charge >= 0.3 is 6.03 Å². The molecule has 0 aliphatic carbocycles. The highest BCUT2D eigenvalue weighted by atomic mass is 16.2. The Bertz CT molecular complexity index is 836. The molecule has 5 nitrogen and oxygen atoms in total. The minimum atomic E-state index is -0.183. The topological polar surface area (TPSA) is 59.0 Å². The van der Waals surface area contributed by atoms with Crippen molar-refractivity contribution in [3.8, 4) is 0 Å². The lowest BCUT2D eigenvalue weighted by Gasteiger charge is -2.08. The molecule has 3 aromatic rings. The molecule has 0 radical (unpaired) electrons. The number of carbonyl (C=O) groups is 1. The molecule has 124 valence electrons. The summed E-state index contributed by atoms with van der Waals surface area (Å²) in [4.78, 5) is 16.4. The van der Waals surface area contributed by atoms with Crippen LogP contribution in [0, 0.1) is 0 Å². The molecule has 1 aromatic carbocycles. The molecule has 5 heteroatoms. The summed E-state index contributed by atoms with van der Waals surface area (Å²) < 4.78 is 2.01. The number of nitrogens with zero attached hydrogens (tertiary/aromatic N) is 2. The van der Waals surface area contributed by atoms with Gasteiger partial charge in [0.25, 0.3) is 0 Å². The van der Waals surface area contributed by atoms with E-state index in [1.165, 1.54) is 11.1 Å². The van der Waals surface area contributed by atoms with Crippen LogP contribution in [-0.2, 0) is 19.9 Å². The van der Waals surface area contributed by atoms with Crippen molar-refractivity contribution in [1.82, 2.24) is 14.9 Å². The van der Waals surface area contributed by atoms with Gasteiger partial charge < -0.3 is 15.2 Å². The van der Waals surface area contributed by atoms with E-state index in [9.17, 15) is 4.79 Å². The number of rotatable bonds is 5. The van der Waals surface area contributed by atoms with Gasteiger partial charge in [-0.3, -0.25) is 0 Å². The summed E-state index contributed by atoms with van der Waals surface area (Å²) in [5, 5.41) is 6.89. The van der Waals surface area contributed by atoms with Crippen molar-refractivity contribution in [1.29, 1.82) is 0 Å². The lowest BCUT2D eigenvalue weighted by molar-refractivity contribution is 0.252. The number of aromatic nitrogens is 2. The predicted octanol–water partition coefficient (Wildman–Crippen LogP) is 3.50. The second-order valence-corrected chi connectivity index (χ2v) is 5.82. The Balaban J connectivity index is 1.54. The van der Waals surface area contributed by atoms with Crippen molar-refractivity contribution < 1.29 is 4.79 Å². The molecule has 0 fully saturated rings. The fourth-order valence-electron chi connectivity index (χ4n) is 2.80. The third kappa shape index (κ3) is 3.56. The molecule has 0 aliphatic heterocycles. The summed E-state index contributed by atoms with van der Waals surface area (Å²) in [7, 11) is 1.99. The van der Waals surface area contributed by atoms with Crippen molar-refractivity contribution in [2.75, 3.05) is 11.9 Å². The maximum atomic E-state index is 12.0. The van der Waals surface area contributed by atoms with Gasteiger partial charge in [-0.2, -0.15) is 0 Å². The van der Waals surface area contributed by atoms with Crippen molar-refractivity contribution in [2.45, 2.75) is 19.8 Å². The van der Waals surface area contributed by atoms with Gasteiger partial charge in [0.15, 0.2) is 0 Å². The average molecular weight is 322 g/mol. The Hall–Kier alpha value is -2.82. The maximum Gasteiger partial charge on any atom is 0.319 e. The average Bonchev–Trinajstić information content (AvgIpc) is 2.92. The molecule has 2 heterocycles. The van der Waals surface area contributed by atoms with E-state index in [4.69, 9.17) is 0 Å². The number of urea groups is 1. The van der Waals surface area contributed by atoms with Gasteiger partial charge in [-0.25, -0.2) is 9.78 Å². The van der Waals surface area contributed by atoms with Gasteiger partial charge in [-0.1, -0.05) is 19.1 Å². The highest BCUT2D eigenvalue weighted by Crippen LogP contribution is 2.18. The smallest absolute Gasteiger partial charge is 0.319 e. The third-order valence-electron chi connectivity index (χ3n) is 4.12. The van der Waals surface area contributed by atoms with Crippen LogP contribution in [-0.4, -0.2) is 22.1 Å². The number of nitrogens with one attached hydrogen (secondary N) is 2. The van der Waals surface area contributed by atoms with Crippen LogP contribution in [0.1, 0.15) is 18.1 Å². The van der Waals surface area contributed by atoms with E-state index in [-0.39, 0.29) is 6.03 Å². The Kier molecular flexibility index (Phi) is 4.79. The van der Waals surface area contributed by atoms with Crippen LogP contribution >= 0.6 is 0 Å². The second-order valence-electron chi connectivity index (χ2n) is 5.82. The van der Waals surface area contributed by atoms with Gasteiger partial charge in [0.2, 0.25) is 0 Å². The van der Waals surface area contributed by atoms with Crippen molar-refractivity contribution in [3.63, 3.8) is 0 Å². The first-order valence-electron chi connectivity index (χ1n) is 8.20. The minimum Gasteiger partial charge on any atom is -0.338 e. The SMILES string of the molecule is CCc1ccc(NC(=O)NCCc2cn(C)c3ncccc23)cc1. The minimum absolute atomic E-state index is 0.183. The summed E-state index contributed by atoms with van der Waals surface area (Å²) in [6, 6.07) is 11.7. The summed E-state index contributed by atoms with van der Waals surface area (Å²) in [6.45, 7) is 2.69. The number of benzene rings is 1. The lowest BCUT2D eigenvalue weighted by atomic mass is 10.1. The Morgan fingerprint density at radius 1 is 1.21 bits per heavy atom. The zero-order valence-electron chi connectivity index (χ0n) is 14.0. The van der Waals surface area contributed by atoms with Crippen molar-refractivity contribution in [2.24, 2.45) is 7.05 Å². The number of hydrogen-bond acceptors (Lipinski definition) is 2. The first-order chi connectivity index (χ1) is 11.7. The zero-order valence-corrected chi connectivity index (χ0v) is 14.0. The largest absolute Gasteiger partial charge is 0.338 e. The zero-order chi connectivity index (χ0) is 16.9. The van der Waals surface area contributed by atoms with E-state index in [2.05, 4.69) is 34.8 Å². The van der Waals surface area contributed by atoms with Gasteiger partial charge in [-0.15, -0.1) is 0 Å². The van der Waals surface area contributed by atoms with E-state index >= 15 is 0 Å². The normalized spacial score (nSPS) is 10.8. The Morgan fingerprint density at radius 2 is 2.00 bits per heavy atom. The summed E-state index contributed by atoms with van der Waals surface area (Å²) in [6.07, 6.45) is 5.62. The molecule has 2 N–H and O–H groups in total. The predicted molar refractivity (Wildman–Crippen MR) is 97.3 cm³/mol. The molecule has 2 aromatic heterocycles. The summed E-state index contributed by atoms with van der Waals surface area (Å²) in [5.74, 6) is 0. The van der Waals surface area contributed by atoms with Crippen LogP contribution < -0.4 is 10.6 Å². The van der Waals surface area contributed by atoms with Crippen LogP contribution in [0.3, 0.4) is 0 Å². The van der Waals surface area contributed by atoms with Crippen LogP contribution in [0.25, 0.3) is 11.0 Å². The molecule has 2 amide bonds. The molecule has 0 unspecified atom stereocenters. The van der Waals surface area contributed by atoms with Gasteiger partial charge in [0, 0.05) is 37.1 Å². The molecular weight excluding hydrogens is 300 g/mol. The molecule has 0 saturated heterocycles. The number of fused-ring (bicyclic) bond motifs is 1. The molecule has 0 atom stereocenters. The van der Waals surface area contributed by atoms with E-state index < -0.39 is 0 Å². The number of amides is 2. The number of aryl methyl sites for hydroxylation is 2. The third-order valence-corrected chi connectivity index (χ3v) is 4.12. The fourth-order valence-corrected chi connectivity index (χ4v) is 2.80. The highest BCUT2D eigenvalue weighted by molar-refractivity contribution is 5.89. The fraction of sp³-hybridized carbons (Fsp3) is 0.263. The molecule has 0 spiro atoms. The first kappa shape index (κ1) is 16.1. The van der Waals surface area contributed by atoms with E-state index in [1.54, 1.807) is 6.20 Å². The molecule has 0 aliphatic rings. The standard InChI is InChI=1S/C19H22N4O/c1-3-14-6-8-16(9-7-14)22-19(24)21-12-10-15-13-23(2)18-17(15)5-4-11-20-18/h4-9,11,13H,3,10,12H2,1-2H3,(H2,21,22,24). The second kappa shape index (κ2) is 7.17. The quantitative estimate of drug-likeness (QED) is 0.755. The molecule has 0 saturated carbocycles. The van der Waals surface area contributed by atoms with E-state index in [0.717, 1.165) is 29.6 Å². The molecular formula is C19H22N4O. The van der Waals surface area contributed by atoms with Crippen molar-refractivity contribution in [3.05, 3.63) is 59.9 Å². The number of pyridine rings is 1. The number of anilines is 1. The summed E-state index contributed by atoms with van der Waals surface area (Å²) in [5.41, 5.74) is 4.21. The lowest BCUT2D eigenvalue weighted by Crippen LogP contribution is -2.30. The van der Waals surface area contributed by atoms with Crippen LogP contribution in [0.4, 0.5) is 10.5 Å². The van der Waals surface area contributed by atoms with Crippen LogP contribution in [0.15, 0.2) is 48.8 Å². The molecule has 3 rings (SSSR count). The number of hydrogen-bond donors (Lipinski definition) is 2. The van der Waals surface area contributed by atoms with Crippen LogP contribution in [0.5, 0.6) is 0 Å². The van der Waals surface area contributed by atoms with Gasteiger partial charge in [0.1, 0.15) is 5.65 Å². The Labute approximate surface area is 141 Å². The first-order valence-corrected chi connectivity index (χ1v) is 8.20. The summed E-state index contributed by atoms with van der Waals surface area (Å²) >= 11 is 0. The molecule has 24 heavy (non-hydrogen) atoms. The van der Waals surface area contributed by atoms with Gasteiger partial charge in [0.05, 0.1) is 0 Å². The van der Waals surface area contributed by atoms with E-state index in [1.807, 2.05) is 41.9 Å². The van der Waals surface area contributed by atoms with Gasteiger partial charge in [-0.05, 0) is 48.2 Å². The van der Waals surface area contributed by atoms with E-state index in [0.29, 0.717) is 6.54 Å². The highest BCUT2D eigenvalue weighted by Gasteiger charge is 2.07.